The van der Waals surface area contributed by atoms with Crippen molar-refractivity contribution in [1.82, 2.24) is 4.90 Å². The summed E-state index contributed by atoms with van der Waals surface area (Å²) in [7, 11) is 0. The second-order valence-corrected chi connectivity index (χ2v) is 10.5. The summed E-state index contributed by atoms with van der Waals surface area (Å²) in [5.41, 5.74) is 5.81. The lowest BCUT2D eigenvalue weighted by atomic mass is 9.95. The number of nitrogens with zero attached hydrogens (tertiary/aromatic N) is 3. The lowest BCUT2D eigenvalue weighted by Crippen LogP contribution is -2.42. The first-order valence-corrected chi connectivity index (χ1v) is 13.7. The van der Waals surface area contributed by atoms with Crippen LogP contribution in [-0.2, 0) is 11.2 Å². The summed E-state index contributed by atoms with van der Waals surface area (Å²) in [5, 5.41) is 2.75. The van der Waals surface area contributed by atoms with Gasteiger partial charge < -0.3 is 9.64 Å². The van der Waals surface area contributed by atoms with E-state index < -0.39 is 0 Å². The van der Waals surface area contributed by atoms with Crippen molar-refractivity contribution < 1.29 is 4.74 Å². The molecular weight excluding hydrogens is 430 g/mol. The van der Waals surface area contributed by atoms with Crippen LogP contribution < -0.4 is 4.90 Å². The summed E-state index contributed by atoms with van der Waals surface area (Å²) in [5.74, 6) is 0.796. The second-order valence-electron chi connectivity index (χ2n) is 10.5. The fraction of sp³-hybridized carbons (Fsp3) is 0.516. The van der Waals surface area contributed by atoms with E-state index in [-0.39, 0.29) is 5.54 Å². The zero-order chi connectivity index (χ0) is 24.3. The van der Waals surface area contributed by atoms with Gasteiger partial charge in [-0.25, -0.2) is 4.99 Å². The Labute approximate surface area is 211 Å². The SMILES string of the molecule is CC/C=C(/N=C\C1=C(C)CN(c2cccc3cccc(CC)c23)CC1)OCC12CCCN1CCC2. The molecule has 4 nitrogen and oxygen atoms in total. The molecule has 5 rings (SSSR count). The first-order valence-electron chi connectivity index (χ1n) is 13.7. The molecule has 35 heavy (non-hydrogen) atoms. The van der Waals surface area contributed by atoms with E-state index in [1.165, 1.54) is 71.9 Å². The number of allylic oxidation sites excluding steroid dienone is 1. The van der Waals surface area contributed by atoms with Gasteiger partial charge in [0.1, 0.15) is 6.61 Å². The molecule has 2 saturated heterocycles. The van der Waals surface area contributed by atoms with E-state index in [4.69, 9.17) is 9.73 Å². The summed E-state index contributed by atoms with van der Waals surface area (Å²) < 4.78 is 6.35. The maximum Gasteiger partial charge on any atom is 0.209 e. The lowest BCUT2D eigenvalue weighted by molar-refractivity contribution is 0.0720. The molecule has 0 N–H and O–H groups in total. The maximum absolute atomic E-state index is 6.35. The Balaban J connectivity index is 1.29. The van der Waals surface area contributed by atoms with Crippen LogP contribution in [0.15, 0.2) is 64.5 Å². The number of rotatable bonds is 8. The number of aliphatic imine (C=N–C) groups is 1. The van der Waals surface area contributed by atoms with Crippen LogP contribution in [0.5, 0.6) is 0 Å². The standard InChI is InChI=1S/C31H41N3O/c1-4-10-29(35-23-31-16-8-18-34(31)19-9-17-31)32-21-27-15-20-33(22-24(27)3)28-14-7-13-26-12-6-11-25(5-2)30(26)28/h6-7,10-14,21H,4-5,8-9,15-20,22-23H2,1-3H3/b29-10-,32-21-. The minimum atomic E-state index is 0.263. The highest BCUT2D eigenvalue weighted by atomic mass is 16.5. The zero-order valence-corrected chi connectivity index (χ0v) is 21.9. The van der Waals surface area contributed by atoms with Crippen LogP contribution in [0.2, 0.25) is 0 Å². The molecule has 4 heteroatoms. The van der Waals surface area contributed by atoms with Gasteiger partial charge in [0.15, 0.2) is 0 Å². The molecule has 0 aromatic heterocycles. The molecule has 0 saturated carbocycles. The molecule has 0 aliphatic carbocycles. The van der Waals surface area contributed by atoms with Gasteiger partial charge in [-0.1, -0.05) is 44.2 Å². The number of ether oxygens (including phenoxy) is 1. The van der Waals surface area contributed by atoms with Crippen molar-refractivity contribution in [2.24, 2.45) is 4.99 Å². The van der Waals surface area contributed by atoms with Crippen LogP contribution in [0.1, 0.15) is 64.9 Å². The minimum absolute atomic E-state index is 0.263. The van der Waals surface area contributed by atoms with Crippen LogP contribution in [0.4, 0.5) is 5.69 Å². The number of hydrogen-bond acceptors (Lipinski definition) is 4. The van der Waals surface area contributed by atoms with E-state index in [2.05, 4.69) is 79.3 Å². The molecule has 2 aromatic rings. The number of anilines is 1. The van der Waals surface area contributed by atoms with Crippen LogP contribution in [0.25, 0.3) is 10.8 Å². The Bertz CT molecular complexity index is 1130. The van der Waals surface area contributed by atoms with Crippen molar-refractivity contribution in [2.45, 2.75) is 71.3 Å². The van der Waals surface area contributed by atoms with Gasteiger partial charge in [-0.2, -0.15) is 0 Å². The molecule has 186 valence electrons. The van der Waals surface area contributed by atoms with E-state index in [9.17, 15) is 0 Å². The normalized spacial score (nSPS) is 20.9. The van der Waals surface area contributed by atoms with Crippen molar-refractivity contribution in [3.63, 3.8) is 0 Å². The fourth-order valence-corrected chi connectivity index (χ4v) is 6.41. The molecule has 3 heterocycles. The Hall–Kier alpha value is -2.59. The fourth-order valence-electron chi connectivity index (χ4n) is 6.41. The highest BCUT2D eigenvalue weighted by Gasteiger charge is 2.44. The summed E-state index contributed by atoms with van der Waals surface area (Å²) in [6.07, 6.45) is 12.4. The average molecular weight is 472 g/mol. The molecule has 2 aromatic carbocycles. The molecule has 3 aliphatic heterocycles. The first-order chi connectivity index (χ1) is 17.1. The maximum atomic E-state index is 6.35. The Morgan fingerprint density at radius 3 is 2.54 bits per heavy atom. The Morgan fingerprint density at radius 2 is 1.83 bits per heavy atom. The van der Waals surface area contributed by atoms with Crippen molar-refractivity contribution in [3.8, 4) is 0 Å². The van der Waals surface area contributed by atoms with E-state index in [1.807, 2.05) is 0 Å². The highest BCUT2D eigenvalue weighted by molar-refractivity contribution is 5.97. The lowest BCUT2D eigenvalue weighted by Gasteiger charge is -2.32. The van der Waals surface area contributed by atoms with Crippen molar-refractivity contribution in [2.75, 3.05) is 37.7 Å². The van der Waals surface area contributed by atoms with Gasteiger partial charge >= 0.3 is 0 Å². The molecule has 0 unspecified atom stereocenters. The first kappa shape index (κ1) is 24.1. The number of hydrogen-bond donors (Lipinski definition) is 0. The van der Waals surface area contributed by atoms with E-state index in [0.717, 1.165) is 44.8 Å². The third-order valence-electron chi connectivity index (χ3n) is 8.34. The van der Waals surface area contributed by atoms with E-state index >= 15 is 0 Å². The topological polar surface area (TPSA) is 28.1 Å². The molecule has 0 spiro atoms. The number of fused-ring (bicyclic) bond motifs is 2. The van der Waals surface area contributed by atoms with Crippen LogP contribution in [-0.4, -0.2) is 49.4 Å². The van der Waals surface area contributed by atoms with Gasteiger partial charge in [-0.15, -0.1) is 0 Å². The Morgan fingerprint density at radius 1 is 1.06 bits per heavy atom. The summed E-state index contributed by atoms with van der Waals surface area (Å²) in [6.45, 7) is 11.9. The van der Waals surface area contributed by atoms with Gasteiger partial charge in [0.2, 0.25) is 5.88 Å². The van der Waals surface area contributed by atoms with Crippen LogP contribution in [0.3, 0.4) is 0 Å². The molecule has 0 bridgehead atoms. The highest BCUT2D eigenvalue weighted by Crippen LogP contribution is 2.39. The van der Waals surface area contributed by atoms with Crippen molar-refractivity contribution in [1.29, 1.82) is 0 Å². The molecule has 2 fully saturated rings. The largest absolute Gasteiger partial charge is 0.476 e. The van der Waals surface area contributed by atoms with Crippen LogP contribution in [0, 0.1) is 0 Å². The molecular formula is C31H41N3O. The monoisotopic (exact) mass is 471 g/mol. The smallest absolute Gasteiger partial charge is 0.209 e. The van der Waals surface area contributed by atoms with Gasteiger partial charge in [0.25, 0.3) is 0 Å². The zero-order valence-electron chi connectivity index (χ0n) is 21.9. The van der Waals surface area contributed by atoms with Gasteiger partial charge in [0, 0.05) is 30.4 Å². The molecule has 0 atom stereocenters. The van der Waals surface area contributed by atoms with E-state index in [1.54, 1.807) is 0 Å². The molecule has 0 amide bonds. The Kier molecular flexibility index (Phi) is 7.29. The van der Waals surface area contributed by atoms with Gasteiger partial charge in [0.05, 0.1) is 5.54 Å². The third kappa shape index (κ3) is 4.91. The number of benzene rings is 2. The molecule has 3 aliphatic rings. The van der Waals surface area contributed by atoms with Crippen molar-refractivity contribution >= 4 is 22.7 Å². The predicted octanol–water partition coefficient (Wildman–Crippen LogP) is 6.90. The molecule has 0 radical (unpaired) electrons. The van der Waals surface area contributed by atoms with Crippen molar-refractivity contribution in [3.05, 3.63) is 65.1 Å². The quantitative estimate of drug-likeness (QED) is 0.310. The summed E-state index contributed by atoms with van der Waals surface area (Å²) >= 11 is 0. The van der Waals surface area contributed by atoms with Gasteiger partial charge in [-0.3, -0.25) is 4.90 Å². The van der Waals surface area contributed by atoms with Gasteiger partial charge in [-0.05, 0) is 99.2 Å². The summed E-state index contributed by atoms with van der Waals surface area (Å²) in [4.78, 5) is 10.0. The van der Waals surface area contributed by atoms with E-state index in [0.29, 0.717) is 0 Å². The van der Waals surface area contributed by atoms with Crippen LogP contribution >= 0.6 is 0 Å². The predicted molar refractivity (Wildman–Crippen MR) is 148 cm³/mol. The summed E-state index contributed by atoms with van der Waals surface area (Å²) in [6, 6.07) is 13.4. The number of aryl methyl sites for hydroxylation is 1. The average Bonchev–Trinajstić information content (AvgIpc) is 3.46. The second kappa shape index (κ2) is 10.6. The minimum Gasteiger partial charge on any atom is -0.476 e. The third-order valence-corrected chi connectivity index (χ3v) is 8.34.